The van der Waals surface area contributed by atoms with Crippen LogP contribution in [0.4, 0.5) is 11.6 Å². The number of thiophene rings is 2. The van der Waals surface area contributed by atoms with Crippen LogP contribution in [0, 0.1) is 0 Å². The van der Waals surface area contributed by atoms with Gasteiger partial charge in [-0.2, -0.15) is 0 Å². The summed E-state index contributed by atoms with van der Waals surface area (Å²) >= 11 is 14.1. The first-order valence-corrected chi connectivity index (χ1v) is 10.8. The molecule has 10 nitrogen and oxygen atoms in total. The zero-order chi connectivity index (χ0) is 23.4. The molecular formula is C18H12Cl2N6O4S2. The maximum absolute atomic E-state index is 10.9. The van der Waals surface area contributed by atoms with Crippen molar-refractivity contribution in [3.8, 4) is 21.4 Å². The molecule has 14 heteroatoms. The minimum Gasteiger partial charge on any atom is -0.477 e. The van der Waals surface area contributed by atoms with Gasteiger partial charge in [0, 0.05) is 6.07 Å². The van der Waals surface area contributed by atoms with Crippen molar-refractivity contribution in [1.29, 1.82) is 0 Å². The predicted octanol–water partition coefficient (Wildman–Crippen LogP) is 4.28. The number of nitrogens with zero attached hydrogens (tertiary/aromatic N) is 4. The zero-order valence-corrected chi connectivity index (χ0v) is 18.8. The minimum atomic E-state index is -1.26. The lowest BCUT2D eigenvalue weighted by molar-refractivity contribution is 0.0680. The van der Waals surface area contributed by atoms with Crippen molar-refractivity contribution < 1.29 is 19.8 Å². The Hall–Kier alpha value is -3.32. The van der Waals surface area contributed by atoms with E-state index in [4.69, 9.17) is 44.9 Å². The Morgan fingerprint density at radius 1 is 0.906 bits per heavy atom. The molecule has 4 rings (SSSR count). The molecule has 0 saturated heterocycles. The summed E-state index contributed by atoms with van der Waals surface area (Å²) in [6.07, 6.45) is 0. The summed E-state index contributed by atoms with van der Waals surface area (Å²) in [5.41, 5.74) is 10.6. The van der Waals surface area contributed by atoms with Crippen molar-refractivity contribution in [2.24, 2.45) is 0 Å². The van der Waals surface area contributed by atoms with Crippen molar-refractivity contribution in [3.63, 3.8) is 0 Å². The first-order valence-electron chi connectivity index (χ1n) is 8.39. The number of nitrogens with two attached hydrogens (primary N) is 2. The van der Waals surface area contributed by atoms with Gasteiger partial charge >= 0.3 is 11.9 Å². The van der Waals surface area contributed by atoms with Gasteiger partial charge in [0.1, 0.15) is 16.7 Å². The maximum Gasteiger partial charge on any atom is 0.356 e. The number of carboxylic acid groups (broad SMARTS) is 2. The van der Waals surface area contributed by atoms with Crippen LogP contribution in [0.5, 0.6) is 0 Å². The third kappa shape index (κ3) is 5.48. The van der Waals surface area contributed by atoms with E-state index in [0.717, 1.165) is 4.88 Å². The number of halogens is 2. The van der Waals surface area contributed by atoms with E-state index in [0.29, 0.717) is 15.0 Å². The van der Waals surface area contributed by atoms with Crippen LogP contribution in [0.15, 0.2) is 35.7 Å². The Morgan fingerprint density at radius 3 is 2.19 bits per heavy atom. The Bertz CT molecular complexity index is 1300. The van der Waals surface area contributed by atoms with Crippen LogP contribution in [-0.4, -0.2) is 42.1 Å². The van der Waals surface area contributed by atoms with Crippen LogP contribution in [-0.2, 0) is 0 Å². The van der Waals surface area contributed by atoms with E-state index < -0.39 is 11.9 Å². The molecule has 4 aromatic rings. The second kappa shape index (κ2) is 9.87. The predicted molar refractivity (Wildman–Crippen MR) is 123 cm³/mol. The Balaban J connectivity index is 0.000000182. The fraction of sp³-hybridized carbons (Fsp3) is 0. The van der Waals surface area contributed by atoms with Crippen molar-refractivity contribution in [2.45, 2.75) is 0 Å². The highest BCUT2D eigenvalue weighted by Crippen LogP contribution is 2.31. The van der Waals surface area contributed by atoms with Gasteiger partial charge in [0.15, 0.2) is 23.0 Å². The van der Waals surface area contributed by atoms with Crippen LogP contribution < -0.4 is 11.5 Å². The van der Waals surface area contributed by atoms with E-state index in [9.17, 15) is 9.59 Å². The third-order valence-electron chi connectivity index (χ3n) is 3.58. The van der Waals surface area contributed by atoms with Crippen molar-refractivity contribution in [3.05, 3.63) is 56.5 Å². The summed E-state index contributed by atoms with van der Waals surface area (Å²) in [7, 11) is 0. The van der Waals surface area contributed by atoms with E-state index in [1.54, 1.807) is 12.1 Å². The van der Waals surface area contributed by atoms with Crippen LogP contribution in [0.2, 0.25) is 9.36 Å². The number of anilines is 2. The van der Waals surface area contributed by atoms with Gasteiger partial charge in [0.2, 0.25) is 0 Å². The van der Waals surface area contributed by atoms with Crippen LogP contribution >= 0.6 is 45.9 Å². The molecule has 4 aromatic heterocycles. The Morgan fingerprint density at radius 2 is 1.62 bits per heavy atom. The number of hydrogen-bond acceptors (Lipinski definition) is 10. The number of nitrogen functional groups attached to an aromatic ring is 2. The van der Waals surface area contributed by atoms with Crippen molar-refractivity contribution >= 4 is 69.4 Å². The van der Waals surface area contributed by atoms with E-state index in [1.165, 1.54) is 28.7 Å². The standard InChI is InChI=1S/C9H5Cl2N3O2S.C9H7N3O2S/c10-4-2-1-3(17-4)8-13-6(9(15)16)5(11)7(12)14-8;10-7-4-5(9(13)14)11-8(12-7)6-2-1-3-15-6/h1-2H,(H,15,16)(H2,12,13,14);1-4H,(H,13,14)(H2,10,11,12). The fourth-order valence-corrected chi connectivity index (χ4v) is 4.04. The van der Waals surface area contributed by atoms with Gasteiger partial charge in [0.05, 0.1) is 14.1 Å². The lowest BCUT2D eigenvalue weighted by Crippen LogP contribution is -2.07. The average molecular weight is 511 g/mol. The summed E-state index contributed by atoms with van der Waals surface area (Å²) < 4.78 is 0.550. The molecule has 0 aliphatic rings. The highest BCUT2D eigenvalue weighted by molar-refractivity contribution is 7.19. The van der Waals surface area contributed by atoms with Gasteiger partial charge in [-0.1, -0.05) is 29.3 Å². The average Bonchev–Trinajstić information content (AvgIpc) is 3.42. The molecule has 0 fully saturated rings. The number of aromatic carboxylic acids is 2. The van der Waals surface area contributed by atoms with Crippen LogP contribution in [0.25, 0.3) is 21.4 Å². The summed E-state index contributed by atoms with van der Waals surface area (Å²) in [4.78, 5) is 38.7. The van der Waals surface area contributed by atoms with E-state index >= 15 is 0 Å². The van der Waals surface area contributed by atoms with Gasteiger partial charge in [-0.3, -0.25) is 0 Å². The molecule has 0 spiro atoms. The summed E-state index contributed by atoms with van der Waals surface area (Å²) in [5.74, 6) is -1.73. The van der Waals surface area contributed by atoms with Crippen molar-refractivity contribution in [1.82, 2.24) is 19.9 Å². The highest BCUT2D eigenvalue weighted by atomic mass is 35.5. The molecule has 0 saturated carbocycles. The molecule has 0 unspecified atom stereocenters. The van der Waals surface area contributed by atoms with Gasteiger partial charge in [-0.05, 0) is 23.6 Å². The van der Waals surface area contributed by atoms with Gasteiger partial charge in [-0.15, -0.1) is 22.7 Å². The summed E-state index contributed by atoms with van der Waals surface area (Å²) in [6.45, 7) is 0. The molecule has 0 aliphatic carbocycles. The molecule has 164 valence electrons. The van der Waals surface area contributed by atoms with Gasteiger partial charge in [0.25, 0.3) is 0 Å². The zero-order valence-electron chi connectivity index (χ0n) is 15.7. The second-order valence-corrected chi connectivity index (χ2v) is 8.83. The van der Waals surface area contributed by atoms with Gasteiger partial charge in [-0.25, -0.2) is 29.5 Å². The van der Waals surface area contributed by atoms with E-state index in [1.807, 2.05) is 17.5 Å². The molecule has 0 aliphatic heterocycles. The number of hydrogen-bond donors (Lipinski definition) is 4. The fourth-order valence-electron chi connectivity index (χ4n) is 2.24. The molecule has 32 heavy (non-hydrogen) atoms. The number of rotatable bonds is 4. The van der Waals surface area contributed by atoms with Crippen LogP contribution in [0.3, 0.4) is 0 Å². The lowest BCUT2D eigenvalue weighted by atomic mass is 10.3. The first kappa shape index (κ1) is 23.3. The highest BCUT2D eigenvalue weighted by Gasteiger charge is 2.18. The quantitative estimate of drug-likeness (QED) is 0.309. The Labute approximate surface area is 198 Å². The monoisotopic (exact) mass is 510 g/mol. The Kier molecular flexibility index (Phi) is 7.20. The lowest BCUT2D eigenvalue weighted by Gasteiger charge is -2.03. The second-order valence-electron chi connectivity index (χ2n) is 5.79. The molecule has 0 radical (unpaired) electrons. The minimum absolute atomic E-state index is 0.0708. The van der Waals surface area contributed by atoms with Crippen LogP contribution in [0.1, 0.15) is 21.0 Å². The first-order chi connectivity index (χ1) is 15.2. The molecular weight excluding hydrogens is 499 g/mol. The molecule has 0 amide bonds. The molecule has 0 aromatic carbocycles. The maximum atomic E-state index is 10.9. The van der Waals surface area contributed by atoms with Gasteiger partial charge < -0.3 is 21.7 Å². The van der Waals surface area contributed by atoms with E-state index in [2.05, 4.69) is 19.9 Å². The SMILES string of the molecule is Nc1cc(C(=O)O)nc(-c2cccs2)n1.Nc1nc(-c2ccc(Cl)s2)nc(C(=O)O)c1Cl. The topological polar surface area (TPSA) is 178 Å². The van der Waals surface area contributed by atoms with Crippen molar-refractivity contribution in [2.75, 3.05) is 11.5 Å². The largest absolute Gasteiger partial charge is 0.477 e. The molecule has 0 bridgehead atoms. The molecule has 0 atom stereocenters. The number of carbonyl (C=O) groups is 2. The van der Waals surface area contributed by atoms with E-state index in [-0.39, 0.29) is 33.9 Å². The summed E-state index contributed by atoms with van der Waals surface area (Å²) in [5, 5.41) is 19.4. The normalized spacial score (nSPS) is 10.3. The summed E-state index contributed by atoms with van der Waals surface area (Å²) in [6, 6.07) is 8.23. The smallest absolute Gasteiger partial charge is 0.356 e. The number of aromatic nitrogens is 4. The molecule has 6 N–H and O–H groups in total. The molecule has 4 heterocycles. The third-order valence-corrected chi connectivity index (χ3v) is 6.05. The number of carboxylic acids is 2.